The maximum atomic E-state index is 12.3. The lowest BCUT2D eigenvalue weighted by Crippen LogP contribution is -2.49. The maximum Gasteiger partial charge on any atom is 0.315 e. The van der Waals surface area contributed by atoms with Crippen molar-refractivity contribution in [3.05, 3.63) is 42.5 Å². The molecule has 1 aromatic heterocycles. The molecule has 1 atom stereocenters. The van der Waals surface area contributed by atoms with Crippen LogP contribution in [0.5, 0.6) is 0 Å². The summed E-state index contributed by atoms with van der Waals surface area (Å²) < 4.78 is 7.86. The highest BCUT2D eigenvalue weighted by atomic mass is 16.5. The zero-order valence-corrected chi connectivity index (χ0v) is 15.1. The third-order valence-corrected chi connectivity index (χ3v) is 4.44. The Morgan fingerprint density at radius 3 is 2.64 bits per heavy atom. The smallest absolute Gasteiger partial charge is 0.315 e. The van der Waals surface area contributed by atoms with Gasteiger partial charge in [0.15, 0.2) is 5.82 Å². The van der Waals surface area contributed by atoms with E-state index in [1.807, 2.05) is 62.6 Å². The van der Waals surface area contributed by atoms with Gasteiger partial charge in [0, 0.05) is 5.69 Å². The molecule has 0 spiro atoms. The number of carbonyl (C=O) groups excluding carboxylic acids is 1. The standard InChI is InChI=1S/C18H25N5O2/c1-17(2)10-14(18(3,4)25-17)21-16(24)19-11-15-22-20-12-23(15)13-8-6-5-7-9-13/h5-9,12,14H,10-11H2,1-4H3,(H2,19,21,24)/t14-/m1/s1. The Morgan fingerprint density at radius 2 is 2.00 bits per heavy atom. The van der Waals surface area contributed by atoms with Crippen molar-refractivity contribution in [2.75, 3.05) is 0 Å². The van der Waals surface area contributed by atoms with Gasteiger partial charge >= 0.3 is 6.03 Å². The first-order chi connectivity index (χ1) is 11.8. The summed E-state index contributed by atoms with van der Waals surface area (Å²) in [5.74, 6) is 0.670. The van der Waals surface area contributed by atoms with E-state index in [2.05, 4.69) is 20.8 Å². The van der Waals surface area contributed by atoms with Crippen molar-refractivity contribution in [1.82, 2.24) is 25.4 Å². The van der Waals surface area contributed by atoms with Crippen LogP contribution in [-0.2, 0) is 11.3 Å². The van der Waals surface area contributed by atoms with Gasteiger partial charge in [-0.3, -0.25) is 4.57 Å². The number of hydrogen-bond acceptors (Lipinski definition) is 4. The number of nitrogens with zero attached hydrogens (tertiary/aromatic N) is 3. The Balaban J connectivity index is 1.60. The molecule has 1 fully saturated rings. The van der Waals surface area contributed by atoms with Crippen LogP contribution in [0, 0.1) is 0 Å². The lowest BCUT2D eigenvalue weighted by molar-refractivity contribution is -0.0690. The van der Waals surface area contributed by atoms with Crippen LogP contribution in [0.2, 0.25) is 0 Å². The van der Waals surface area contributed by atoms with Crippen molar-refractivity contribution < 1.29 is 9.53 Å². The Labute approximate surface area is 147 Å². The second-order valence-corrected chi connectivity index (χ2v) is 7.50. The van der Waals surface area contributed by atoms with Crippen molar-refractivity contribution in [2.24, 2.45) is 0 Å². The van der Waals surface area contributed by atoms with Gasteiger partial charge in [-0.15, -0.1) is 10.2 Å². The Bertz CT molecular complexity index is 739. The molecule has 0 saturated carbocycles. The average molecular weight is 343 g/mol. The van der Waals surface area contributed by atoms with Crippen LogP contribution in [0.25, 0.3) is 5.69 Å². The van der Waals surface area contributed by atoms with Gasteiger partial charge in [0.05, 0.1) is 23.8 Å². The number of para-hydroxylation sites is 1. The zero-order valence-electron chi connectivity index (χ0n) is 15.1. The minimum Gasteiger partial charge on any atom is -0.367 e. The van der Waals surface area contributed by atoms with E-state index >= 15 is 0 Å². The summed E-state index contributed by atoms with van der Waals surface area (Å²) in [6.07, 6.45) is 2.41. The van der Waals surface area contributed by atoms with Gasteiger partial charge in [0.1, 0.15) is 6.33 Å². The highest BCUT2D eigenvalue weighted by Gasteiger charge is 2.46. The lowest BCUT2D eigenvalue weighted by atomic mass is 9.95. The van der Waals surface area contributed by atoms with Gasteiger partial charge in [0.2, 0.25) is 0 Å². The molecule has 1 saturated heterocycles. The number of amides is 2. The predicted octanol–water partition coefficient (Wildman–Crippen LogP) is 2.41. The summed E-state index contributed by atoms with van der Waals surface area (Å²) in [6.45, 7) is 8.36. The minimum atomic E-state index is -0.398. The van der Waals surface area contributed by atoms with Crippen LogP contribution in [0.1, 0.15) is 39.9 Å². The van der Waals surface area contributed by atoms with Crippen LogP contribution < -0.4 is 10.6 Å². The molecule has 0 bridgehead atoms. The third-order valence-electron chi connectivity index (χ3n) is 4.44. The number of hydrogen-bond donors (Lipinski definition) is 2. The summed E-state index contributed by atoms with van der Waals surface area (Å²) in [4.78, 5) is 12.3. The minimum absolute atomic E-state index is 0.0468. The molecule has 7 heteroatoms. The number of benzene rings is 1. The highest BCUT2D eigenvalue weighted by Crippen LogP contribution is 2.37. The molecule has 2 amide bonds. The molecule has 0 radical (unpaired) electrons. The molecule has 2 heterocycles. The van der Waals surface area contributed by atoms with E-state index in [4.69, 9.17) is 4.74 Å². The molecular weight excluding hydrogens is 318 g/mol. The van der Waals surface area contributed by atoms with Crippen molar-refractivity contribution in [3.63, 3.8) is 0 Å². The summed E-state index contributed by atoms with van der Waals surface area (Å²) in [5, 5.41) is 13.9. The normalized spacial score (nSPS) is 21.0. The van der Waals surface area contributed by atoms with E-state index in [0.29, 0.717) is 5.82 Å². The van der Waals surface area contributed by atoms with Gasteiger partial charge in [-0.1, -0.05) is 18.2 Å². The highest BCUT2D eigenvalue weighted by molar-refractivity contribution is 5.74. The van der Waals surface area contributed by atoms with Crippen LogP contribution in [0.3, 0.4) is 0 Å². The summed E-state index contributed by atoms with van der Waals surface area (Å²) in [6, 6.07) is 9.50. The number of nitrogens with one attached hydrogen (secondary N) is 2. The predicted molar refractivity (Wildman–Crippen MR) is 94.4 cm³/mol. The second-order valence-electron chi connectivity index (χ2n) is 7.50. The first-order valence-corrected chi connectivity index (χ1v) is 8.46. The van der Waals surface area contributed by atoms with Gasteiger partial charge in [-0.2, -0.15) is 0 Å². The fraction of sp³-hybridized carbons (Fsp3) is 0.500. The first-order valence-electron chi connectivity index (χ1n) is 8.46. The maximum absolute atomic E-state index is 12.3. The molecule has 1 aromatic carbocycles. The van der Waals surface area contributed by atoms with Crippen LogP contribution >= 0.6 is 0 Å². The van der Waals surface area contributed by atoms with Gasteiger partial charge in [0.25, 0.3) is 0 Å². The molecule has 1 aliphatic heterocycles. The molecule has 2 aromatic rings. The number of aromatic nitrogens is 3. The Kier molecular flexibility index (Phi) is 4.51. The summed E-state index contributed by atoms with van der Waals surface area (Å²) in [7, 11) is 0. The molecule has 0 aliphatic carbocycles. The topological polar surface area (TPSA) is 81.1 Å². The van der Waals surface area contributed by atoms with E-state index in [9.17, 15) is 4.79 Å². The summed E-state index contributed by atoms with van der Waals surface area (Å²) >= 11 is 0. The molecule has 25 heavy (non-hydrogen) atoms. The number of ether oxygens (including phenoxy) is 1. The molecule has 1 aliphatic rings. The van der Waals surface area contributed by atoms with Crippen molar-refractivity contribution in [3.8, 4) is 5.69 Å². The fourth-order valence-electron chi connectivity index (χ4n) is 3.34. The average Bonchev–Trinajstić information content (AvgIpc) is 3.07. The lowest BCUT2D eigenvalue weighted by Gasteiger charge is -2.27. The Morgan fingerprint density at radius 1 is 1.28 bits per heavy atom. The van der Waals surface area contributed by atoms with Crippen LogP contribution in [-0.4, -0.2) is 38.0 Å². The van der Waals surface area contributed by atoms with Gasteiger partial charge in [-0.05, 0) is 46.2 Å². The molecule has 134 valence electrons. The second kappa shape index (κ2) is 6.48. The molecule has 7 nitrogen and oxygen atoms in total. The van der Waals surface area contributed by atoms with Gasteiger partial charge < -0.3 is 15.4 Å². The van der Waals surface area contributed by atoms with E-state index < -0.39 is 5.60 Å². The number of urea groups is 1. The van der Waals surface area contributed by atoms with E-state index in [1.165, 1.54) is 0 Å². The monoisotopic (exact) mass is 343 g/mol. The molecule has 2 N–H and O–H groups in total. The van der Waals surface area contributed by atoms with Crippen molar-refractivity contribution >= 4 is 6.03 Å². The SMILES string of the molecule is CC1(C)C[C@@H](NC(=O)NCc2nncn2-c2ccccc2)C(C)(C)O1. The van der Waals surface area contributed by atoms with E-state index in [1.54, 1.807) is 6.33 Å². The van der Waals surface area contributed by atoms with Gasteiger partial charge in [-0.25, -0.2) is 4.79 Å². The van der Waals surface area contributed by atoms with Crippen LogP contribution in [0.4, 0.5) is 4.79 Å². The largest absolute Gasteiger partial charge is 0.367 e. The Hall–Kier alpha value is -2.41. The summed E-state index contributed by atoms with van der Waals surface area (Å²) in [5.41, 5.74) is 0.316. The van der Waals surface area contributed by atoms with Crippen LogP contribution in [0.15, 0.2) is 36.7 Å². The first kappa shape index (κ1) is 17.4. The van der Waals surface area contributed by atoms with E-state index in [0.717, 1.165) is 12.1 Å². The number of carbonyl (C=O) groups is 1. The molecular formula is C18H25N5O2. The van der Waals surface area contributed by atoms with Crippen molar-refractivity contribution in [2.45, 2.75) is 57.9 Å². The quantitative estimate of drug-likeness (QED) is 0.893. The zero-order chi connectivity index (χ0) is 18.1. The fourth-order valence-corrected chi connectivity index (χ4v) is 3.34. The molecule has 0 unspecified atom stereocenters. The molecule has 3 rings (SSSR count). The number of rotatable bonds is 4. The van der Waals surface area contributed by atoms with E-state index in [-0.39, 0.29) is 24.2 Å². The third kappa shape index (κ3) is 3.99. The van der Waals surface area contributed by atoms with Crippen molar-refractivity contribution in [1.29, 1.82) is 0 Å².